The van der Waals surface area contributed by atoms with Gasteiger partial charge in [-0.3, -0.25) is 19.6 Å². The summed E-state index contributed by atoms with van der Waals surface area (Å²) in [6.45, 7) is 2.03. The lowest BCUT2D eigenvalue weighted by Gasteiger charge is -2.06. The minimum atomic E-state index is -0.739. The molecule has 0 spiro atoms. The summed E-state index contributed by atoms with van der Waals surface area (Å²) in [5.74, 6) is -1.22. The van der Waals surface area contributed by atoms with E-state index < -0.39 is 22.3 Å². The number of amides is 1. The smallest absolute Gasteiger partial charge is 0.311 e. The van der Waals surface area contributed by atoms with Gasteiger partial charge in [-0.15, -0.1) is 0 Å². The highest BCUT2D eigenvalue weighted by Gasteiger charge is 2.20. The van der Waals surface area contributed by atoms with Gasteiger partial charge < -0.3 is 10.4 Å². The molecule has 1 aromatic carbocycles. The highest BCUT2D eigenvalue weighted by Crippen LogP contribution is 2.29. The molecular weight excluding hydrogens is 276 g/mol. The summed E-state index contributed by atoms with van der Waals surface area (Å²) in [6, 6.07) is 3.81. The average molecular weight is 290 g/mol. The van der Waals surface area contributed by atoms with E-state index in [0.29, 0.717) is 0 Å². The van der Waals surface area contributed by atoms with E-state index in [0.717, 1.165) is 17.3 Å². The van der Waals surface area contributed by atoms with Crippen LogP contribution in [-0.2, 0) is 13.6 Å². The molecule has 0 unspecified atom stereocenters. The number of phenols is 1. The molecule has 0 aliphatic heterocycles. The first kappa shape index (κ1) is 14.5. The molecule has 0 saturated heterocycles. The SMILES string of the molecule is Cc1nn(C)cc1CNC(=O)c1cccc([N+](=O)[O-])c1O. The quantitative estimate of drug-likeness (QED) is 0.650. The molecule has 1 amide bonds. The molecule has 1 aromatic heterocycles. The summed E-state index contributed by atoms with van der Waals surface area (Å²) in [7, 11) is 1.77. The highest BCUT2D eigenvalue weighted by molar-refractivity contribution is 5.98. The van der Waals surface area contributed by atoms with E-state index >= 15 is 0 Å². The van der Waals surface area contributed by atoms with E-state index in [4.69, 9.17) is 0 Å². The standard InChI is InChI=1S/C13H14N4O4/c1-8-9(7-16(2)15-8)6-14-13(19)10-4-3-5-11(12(10)18)17(20)21/h3-5,7,18H,6H2,1-2H3,(H,14,19). The molecule has 21 heavy (non-hydrogen) atoms. The number of benzene rings is 1. The van der Waals surface area contributed by atoms with Crippen LogP contribution in [0.3, 0.4) is 0 Å². The second-order valence-electron chi connectivity index (χ2n) is 4.53. The number of aromatic nitrogens is 2. The maximum atomic E-state index is 12.0. The van der Waals surface area contributed by atoms with E-state index in [1.807, 2.05) is 6.92 Å². The van der Waals surface area contributed by atoms with Crippen LogP contribution in [0.15, 0.2) is 24.4 Å². The van der Waals surface area contributed by atoms with Crippen molar-refractivity contribution in [3.8, 4) is 5.75 Å². The Bertz CT molecular complexity index is 708. The number of aromatic hydroxyl groups is 1. The first-order chi connectivity index (χ1) is 9.90. The number of para-hydroxylation sites is 1. The van der Waals surface area contributed by atoms with Gasteiger partial charge >= 0.3 is 5.69 Å². The number of aryl methyl sites for hydroxylation is 2. The number of carbonyl (C=O) groups is 1. The molecule has 0 bridgehead atoms. The molecule has 0 aliphatic carbocycles. The van der Waals surface area contributed by atoms with Crippen molar-refractivity contribution in [2.45, 2.75) is 13.5 Å². The summed E-state index contributed by atoms with van der Waals surface area (Å²) >= 11 is 0. The zero-order valence-corrected chi connectivity index (χ0v) is 11.5. The molecule has 1 heterocycles. The molecule has 0 atom stereocenters. The number of nitro benzene ring substituents is 1. The summed E-state index contributed by atoms with van der Waals surface area (Å²) in [5, 5.41) is 27.2. The van der Waals surface area contributed by atoms with Gasteiger partial charge in [0, 0.05) is 31.4 Å². The number of hydrogen-bond acceptors (Lipinski definition) is 5. The van der Waals surface area contributed by atoms with Crippen LogP contribution in [0.2, 0.25) is 0 Å². The predicted octanol–water partition coefficient (Wildman–Crippen LogP) is 1.27. The summed E-state index contributed by atoms with van der Waals surface area (Å²) in [6.07, 6.45) is 1.77. The van der Waals surface area contributed by atoms with Crippen molar-refractivity contribution in [3.05, 3.63) is 51.3 Å². The lowest BCUT2D eigenvalue weighted by atomic mass is 10.1. The Kier molecular flexibility index (Phi) is 3.88. The molecular formula is C13H14N4O4. The van der Waals surface area contributed by atoms with Crippen molar-refractivity contribution < 1.29 is 14.8 Å². The Morgan fingerprint density at radius 1 is 1.52 bits per heavy atom. The van der Waals surface area contributed by atoms with Crippen molar-refractivity contribution in [1.82, 2.24) is 15.1 Å². The van der Waals surface area contributed by atoms with Crippen LogP contribution in [0.4, 0.5) is 5.69 Å². The van der Waals surface area contributed by atoms with Gasteiger partial charge in [0.05, 0.1) is 16.2 Å². The number of nitrogens with zero attached hydrogens (tertiary/aromatic N) is 3. The summed E-state index contributed by atoms with van der Waals surface area (Å²) in [4.78, 5) is 22.0. The Labute approximate surface area is 120 Å². The third-order valence-electron chi connectivity index (χ3n) is 3.01. The Balaban J connectivity index is 2.16. The highest BCUT2D eigenvalue weighted by atomic mass is 16.6. The molecule has 0 saturated carbocycles. The lowest BCUT2D eigenvalue weighted by molar-refractivity contribution is -0.385. The zero-order valence-electron chi connectivity index (χ0n) is 11.5. The maximum absolute atomic E-state index is 12.0. The number of hydrogen-bond donors (Lipinski definition) is 2. The van der Waals surface area contributed by atoms with Crippen molar-refractivity contribution in [3.63, 3.8) is 0 Å². The van der Waals surface area contributed by atoms with Crippen LogP contribution in [0.5, 0.6) is 5.75 Å². The first-order valence-electron chi connectivity index (χ1n) is 6.14. The van der Waals surface area contributed by atoms with Crippen molar-refractivity contribution in [2.24, 2.45) is 7.05 Å². The van der Waals surface area contributed by atoms with Gasteiger partial charge in [-0.2, -0.15) is 5.10 Å². The van der Waals surface area contributed by atoms with E-state index in [9.17, 15) is 20.0 Å². The molecule has 0 aliphatic rings. The van der Waals surface area contributed by atoms with Crippen molar-refractivity contribution in [1.29, 1.82) is 0 Å². The van der Waals surface area contributed by atoms with Crippen LogP contribution in [-0.4, -0.2) is 25.7 Å². The fourth-order valence-corrected chi connectivity index (χ4v) is 1.95. The van der Waals surface area contributed by atoms with Gasteiger partial charge in [0.15, 0.2) is 0 Å². The Morgan fingerprint density at radius 3 is 2.81 bits per heavy atom. The third kappa shape index (κ3) is 2.99. The molecule has 2 N–H and O–H groups in total. The van der Waals surface area contributed by atoms with Crippen molar-refractivity contribution >= 4 is 11.6 Å². The van der Waals surface area contributed by atoms with E-state index in [-0.39, 0.29) is 12.1 Å². The molecule has 110 valence electrons. The number of phenolic OH excluding ortho intramolecular Hbond substituents is 1. The maximum Gasteiger partial charge on any atom is 0.311 e. The van der Waals surface area contributed by atoms with E-state index in [1.165, 1.54) is 12.1 Å². The minimum Gasteiger partial charge on any atom is -0.502 e. The summed E-state index contributed by atoms with van der Waals surface area (Å²) in [5.41, 5.74) is 0.975. The molecule has 8 nitrogen and oxygen atoms in total. The number of nitro groups is 1. The normalized spacial score (nSPS) is 10.4. The van der Waals surface area contributed by atoms with Gasteiger partial charge in [-0.05, 0) is 13.0 Å². The molecule has 2 rings (SSSR count). The van der Waals surface area contributed by atoms with Gasteiger partial charge in [0.2, 0.25) is 5.75 Å². The second kappa shape index (κ2) is 5.61. The minimum absolute atomic E-state index is 0.134. The average Bonchev–Trinajstić information content (AvgIpc) is 2.74. The largest absolute Gasteiger partial charge is 0.502 e. The van der Waals surface area contributed by atoms with Crippen molar-refractivity contribution in [2.75, 3.05) is 0 Å². The van der Waals surface area contributed by atoms with Gasteiger partial charge in [-0.1, -0.05) is 6.07 Å². The van der Waals surface area contributed by atoms with E-state index in [1.54, 1.807) is 17.9 Å². The van der Waals surface area contributed by atoms with Crippen LogP contribution in [0, 0.1) is 17.0 Å². The molecule has 8 heteroatoms. The lowest BCUT2D eigenvalue weighted by Crippen LogP contribution is -2.23. The first-order valence-corrected chi connectivity index (χ1v) is 6.14. The van der Waals surface area contributed by atoms with Crippen LogP contribution >= 0.6 is 0 Å². The molecule has 0 radical (unpaired) electrons. The number of carbonyl (C=O) groups excluding carboxylic acids is 1. The fourth-order valence-electron chi connectivity index (χ4n) is 1.95. The van der Waals surface area contributed by atoms with Gasteiger partial charge in [0.1, 0.15) is 0 Å². The number of nitrogens with one attached hydrogen (secondary N) is 1. The second-order valence-corrected chi connectivity index (χ2v) is 4.53. The van der Waals surface area contributed by atoms with Gasteiger partial charge in [0.25, 0.3) is 5.91 Å². The van der Waals surface area contributed by atoms with Crippen LogP contribution in [0.25, 0.3) is 0 Å². The van der Waals surface area contributed by atoms with Gasteiger partial charge in [-0.25, -0.2) is 0 Å². The fraction of sp³-hybridized carbons (Fsp3) is 0.231. The molecule has 0 fully saturated rings. The number of rotatable bonds is 4. The predicted molar refractivity (Wildman–Crippen MR) is 73.9 cm³/mol. The van der Waals surface area contributed by atoms with E-state index in [2.05, 4.69) is 10.4 Å². The topological polar surface area (TPSA) is 110 Å². The Hall–Kier alpha value is -2.90. The molecule has 2 aromatic rings. The zero-order chi connectivity index (χ0) is 15.6. The summed E-state index contributed by atoms with van der Waals surface area (Å²) < 4.78 is 1.63. The van der Waals surface area contributed by atoms with Crippen LogP contribution in [0.1, 0.15) is 21.6 Å². The Morgan fingerprint density at radius 2 is 2.24 bits per heavy atom. The monoisotopic (exact) mass is 290 g/mol. The van der Waals surface area contributed by atoms with Crippen LogP contribution < -0.4 is 5.32 Å². The third-order valence-corrected chi connectivity index (χ3v) is 3.01.